The van der Waals surface area contributed by atoms with Gasteiger partial charge in [0.25, 0.3) is 0 Å². The minimum absolute atomic E-state index is 0.502. The molecule has 0 saturated carbocycles. The lowest BCUT2D eigenvalue weighted by Gasteiger charge is -2.36. The fraction of sp³-hybridized carbons (Fsp3) is 0.714. The average molecular weight is 278 g/mol. The van der Waals surface area contributed by atoms with Crippen molar-refractivity contribution in [2.75, 3.05) is 49.7 Å². The number of aromatic nitrogens is 2. The maximum absolute atomic E-state index is 6.22. The molecule has 6 heteroatoms. The molecule has 0 aliphatic carbocycles. The molecule has 1 aliphatic heterocycles. The van der Waals surface area contributed by atoms with Gasteiger partial charge in [-0.2, -0.15) is 0 Å². The molecule has 0 unspecified atom stereocenters. The van der Waals surface area contributed by atoms with Gasteiger partial charge in [-0.15, -0.1) is 0 Å². The number of nitrogens with one attached hydrogen (secondary N) is 1. The first kappa shape index (κ1) is 14.8. The zero-order chi connectivity index (χ0) is 14.5. The third kappa shape index (κ3) is 3.30. The molecule has 0 bridgehead atoms. The van der Waals surface area contributed by atoms with Crippen LogP contribution in [0.2, 0.25) is 0 Å². The largest absolute Gasteiger partial charge is 0.393 e. The summed E-state index contributed by atoms with van der Waals surface area (Å²) in [6.45, 7) is 5.25. The lowest BCUT2D eigenvalue weighted by molar-refractivity contribution is 0.252. The highest BCUT2D eigenvalue weighted by molar-refractivity contribution is 5.74. The van der Waals surface area contributed by atoms with Gasteiger partial charge in [-0.05, 0) is 39.4 Å². The average Bonchev–Trinajstić information content (AvgIpc) is 2.46. The van der Waals surface area contributed by atoms with Crippen molar-refractivity contribution in [3.63, 3.8) is 0 Å². The highest BCUT2D eigenvalue weighted by Crippen LogP contribution is 2.28. The van der Waals surface area contributed by atoms with Gasteiger partial charge in [-0.3, -0.25) is 0 Å². The van der Waals surface area contributed by atoms with E-state index in [9.17, 15) is 0 Å². The van der Waals surface area contributed by atoms with Crippen LogP contribution in [0.3, 0.4) is 0 Å². The summed E-state index contributed by atoms with van der Waals surface area (Å²) in [4.78, 5) is 13.2. The fourth-order valence-corrected chi connectivity index (χ4v) is 2.61. The van der Waals surface area contributed by atoms with Crippen molar-refractivity contribution < 1.29 is 0 Å². The quantitative estimate of drug-likeness (QED) is 0.848. The predicted octanol–water partition coefficient (Wildman–Crippen LogP) is 1.41. The second kappa shape index (κ2) is 6.74. The highest BCUT2D eigenvalue weighted by atomic mass is 15.2. The maximum atomic E-state index is 6.22. The smallest absolute Gasteiger partial charge is 0.157 e. The summed E-state index contributed by atoms with van der Waals surface area (Å²) >= 11 is 0. The first-order valence-electron chi connectivity index (χ1n) is 7.39. The van der Waals surface area contributed by atoms with E-state index in [1.165, 1.54) is 0 Å². The summed E-state index contributed by atoms with van der Waals surface area (Å²) in [5.41, 5.74) is 6.87. The Labute approximate surface area is 121 Å². The van der Waals surface area contributed by atoms with Gasteiger partial charge >= 0.3 is 0 Å². The Bertz CT molecular complexity index is 428. The molecule has 2 rings (SSSR count). The van der Waals surface area contributed by atoms with Gasteiger partial charge < -0.3 is 20.9 Å². The number of nitrogen functional groups attached to an aromatic ring is 1. The van der Waals surface area contributed by atoms with Crippen LogP contribution in [0.1, 0.15) is 26.2 Å². The Hall–Kier alpha value is -1.56. The summed E-state index contributed by atoms with van der Waals surface area (Å²) in [6, 6.07) is 0.502. The lowest BCUT2D eigenvalue weighted by atomic mass is 10.0. The molecular weight excluding hydrogens is 252 g/mol. The van der Waals surface area contributed by atoms with Gasteiger partial charge in [-0.1, -0.05) is 6.92 Å². The topological polar surface area (TPSA) is 70.3 Å². The van der Waals surface area contributed by atoms with Gasteiger partial charge in [-0.25, -0.2) is 9.97 Å². The van der Waals surface area contributed by atoms with Gasteiger partial charge in [0.1, 0.15) is 12.0 Å². The first-order valence-corrected chi connectivity index (χ1v) is 7.39. The third-order valence-electron chi connectivity index (χ3n) is 3.98. The number of anilines is 3. The van der Waals surface area contributed by atoms with E-state index in [-0.39, 0.29) is 0 Å². The van der Waals surface area contributed by atoms with Crippen molar-refractivity contribution in [2.45, 2.75) is 32.2 Å². The van der Waals surface area contributed by atoms with Gasteiger partial charge in [0.15, 0.2) is 11.6 Å². The summed E-state index contributed by atoms with van der Waals surface area (Å²) < 4.78 is 0. The standard InChI is InChI=1S/C14H26N6/c1-4-7-16-13-12(15)14(18-10-17-13)20(3)11-5-8-19(2)9-6-11/h10-11H,4-9,15H2,1-3H3,(H,16,17,18). The molecule has 2 heterocycles. The van der Waals surface area contributed by atoms with Crippen LogP contribution in [0.15, 0.2) is 6.33 Å². The predicted molar refractivity (Wildman–Crippen MR) is 84.1 cm³/mol. The maximum Gasteiger partial charge on any atom is 0.157 e. The van der Waals surface area contributed by atoms with Crippen molar-refractivity contribution in [3.8, 4) is 0 Å². The van der Waals surface area contributed by atoms with Gasteiger partial charge in [0, 0.05) is 19.6 Å². The van der Waals surface area contributed by atoms with Crippen molar-refractivity contribution >= 4 is 17.3 Å². The number of nitrogens with two attached hydrogens (primary N) is 1. The zero-order valence-electron chi connectivity index (χ0n) is 12.8. The third-order valence-corrected chi connectivity index (χ3v) is 3.98. The number of rotatable bonds is 5. The number of nitrogens with zero attached hydrogens (tertiary/aromatic N) is 4. The second-order valence-electron chi connectivity index (χ2n) is 5.53. The molecule has 0 spiro atoms. The molecule has 0 radical (unpaired) electrons. The molecular formula is C14H26N6. The first-order chi connectivity index (χ1) is 9.63. The van der Waals surface area contributed by atoms with Crippen molar-refractivity contribution in [3.05, 3.63) is 6.33 Å². The van der Waals surface area contributed by atoms with E-state index in [4.69, 9.17) is 5.73 Å². The van der Waals surface area contributed by atoms with Crippen LogP contribution in [0.4, 0.5) is 17.3 Å². The Morgan fingerprint density at radius 3 is 2.75 bits per heavy atom. The Kier molecular flexibility index (Phi) is 5.00. The molecule has 6 nitrogen and oxygen atoms in total. The van der Waals surface area contributed by atoms with Crippen LogP contribution in [-0.4, -0.2) is 54.6 Å². The summed E-state index contributed by atoms with van der Waals surface area (Å²) in [6.07, 6.45) is 4.93. The van der Waals surface area contributed by atoms with E-state index in [1.54, 1.807) is 6.33 Å². The summed E-state index contributed by atoms with van der Waals surface area (Å²) in [7, 11) is 4.25. The van der Waals surface area contributed by atoms with Crippen LogP contribution in [0.25, 0.3) is 0 Å². The molecule has 112 valence electrons. The van der Waals surface area contributed by atoms with Crippen LogP contribution in [0.5, 0.6) is 0 Å². The van der Waals surface area contributed by atoms with Crippen molar-refractivity contribution in [1.29, 1.82) is 0 Å². The monoisotopic (exact) mass is 278 g/mol. The van der Waals surface area contributed by atoms with Crippen LogP contribution >= 0.6 is 0 Å². The highest BCUT2D eigenvalue weighted by Gasteiger charge is 2.23. The van der Waals surface area contributed by atoms with Crippen LogP contribution in [0, 0.1) is 0 Å². The summed E-state index contributed by atoms with van der Waals surface area (Å²) in [5.74, 6) is 1.59. The Balaban J connectivity index is 2.11. The minimum Gasteiger partial charge on any atom is -0.393 e. The zero-order valence-corrected chi connectivity index (χ0v) is 12.8. The number of hydrogen-bond donors (Lipinski definition) is 2. The molecule has 1 aromatic heterocycles. The van der Waals surface area contributed by atoms with E-state index in [2.05, 4.69) is 46.1 Å². The molecule has 0 aromatic carbocycles. The fourth-order valence-electron chi connectivity index (χ4n) is 2.61. The van der Waals surface area contributed by atoms with Crippen LogP contribution < -0.4 is 16.0 Å². The molecule has 3 N–H and O–H groups in total. The molecule has 0 amide bonds. The molecule has 1 aromatic rings. The SMILES string of the molecule is CCCNc1ncnc(N(C)C2CCN(C)CC2)c1N. The van der Waals surface area contributed by atoms with Gasteiger partial charge in [0.05, 0.1) is 0 Å². The lowest BCUT2D eigenvalue weighted by Crippen LogP contribution is -2.42. The number of piperidine rings is 1. The molecule has 1 aliphatic rings. The second-order valence-corrected chi connectivity index (χ2v) is 5.53. The van der Waals surface area contributed by atoms with E-state index in [0.717, 1.165) is 50.5 Å². The van der Waals surface area contributed by atoms with Crippen molar-refractivity contribution in [1.82, 2.24) is 14.9 Å². The van der Waals surface area contributed by atoms with E-state index < -0.39 is 0 Å². The molecule has 0 atom stereocenters. The normalized spacial score (nSPS) is 17.1. The van der Waals surface area contributed by atoms with Crippen LogP contribution in [-0.2, 0) is 0 Å². The molecule has 20 heavy (non-hydrogen) atoms. The van der Waals surface area contributed by atoms with E-state index in [1.807, 2.05) is 0 Å². The van der Waals surface area contributed by atoms with E-state index >= 15 is 0 Å². The Morgan fingerprint density at radius 2 is 2.10 bits per heavy atom. The van der Waals surface area contributed by atoms with Crippen molar-refractivity contribution in [2.24, 2.45) is 0 Å². The number of hydrogen-bond acceptors (Lipinski definition) is 6. The minimum atomic E-state index is 0.502. The van der Waals surface area contributed by atoms with E-state index in [0.29, 0.717) is 11.7 Å². The Morgan fingerprint density at radius 1 is 1.40 bits per heavy atom. The van der Waals surface area contributed by atoms with Gasteiger partial charge in [0.2, 0.25) is 0 Å². The molecule has 1 fully saturated rings. The molecule has 1 saturated heterocycles. The number of likely N-dealkylation sites (tertiary alicyclic amines) is 1. The summed E-state index contributed by atoms with van der Waals surface area (Å²) in [5, 5.41) is 3.26.